The zero-order chi connectivity index (χ0) is 17.7. The molecular formula is C17H12Cl4O3. The van der Waals surface area contributed by atoms with Crippen LogP contribution in [-0.4, -0.2) is 12.4 Å². The van der Waals surface area contributed by atoms with E-state index < -0.39 is 0 Å². The number of hydrogen-bond donors (Lipinski definition) is 0. The third-order valence-corrected chi connectivity index (χ3v) is 3.81. The van der Waals surface area contributed by atoms with Crippen molar-refractivity contribution in [2.24, 2.45) is 0 Å². The minimum atomic E-state index is -0.0229. The highest BCUT2D eigenvalue weighted by Crippen LogP contribution is 2.39. The zero-order valence-electron chi connectivity index (χ0n) is 12.5. The number of carbonyl (C=O) groups is 1. The Labute approximate surface area is 159 Å². The summed E-state index contributed by atoms with van der Waals surface area (Å²) in [5.41, 5.74) is 0.592. The van der Waals surface area contributed by atoms with Crippen LogP contribution >= 0.6 is 46.4 Å². The molecule has 0 radical (unpaired) electrons. The molecule has 0 aliphatic rings. The van der Waals surface area contributed by atoms with Crippen LogP contribution in [0.15, 0.2) is 47.0 Å². The molecule has 0 atom stereocenters. The maximum atomic E-state index is 11.3. The Morgan fingerprint density at radius 3 is 2.12 bits per heavy atom. The van der Waals surface area contributed by atoms with E-state index in [1.165, 1.54) is 13.0 Å². The van der Waals surface area contributed by atoms with Crippen LogP contribution in [-0.2, 0) is 0 Å². The van der Waals surface area contributed by atoms with Crippen molar-refractivity contribution in [3.63, 3.8) is 0 Å². The molecule has 0 N–H and O–H groups in total. The molecule has 0 unspecified atom stereocenters. The van der Waals surface area contributed by atoms with E-state index in [0.717, 1.165) is 0 Å². The summed E-state index contributed by atoms with van der Waals surface area (Å²) < 4.78 is 11.2. The fraction of sp³-hybridized carbons (Fsp3) is 0.118. The minimum absolute atomic E-state index is 0.0229. The Morgan fingerprint density at radius 1 is 1.04 bits per heavy atom. The maximum Gasteiger partial charge on any atom is 0.164 e. The van der Waals surface area contributed by atoms with E-state index >= 15 is 0 Å². The summed E-state index contributed by atoms with van der Waals surface area (Å²) in [6.45, 7) is 1.68. The number of carbonyl (C=O) groups excluding carboxylic acids is 1. The molecule has 0 aromatic heterocycles. The quantitative estimate of drug-likeness (QED) is 0.502. The first-order valence-corrected chi connectivity index (χ1v) is 8.30. The van der Waals surface area contributed by atoms with Crippen molar-refractivity contribution in [1.29, 1.82) is 0 Å². The van der Waals surface area contributed by atoms with Crippen molar-refractivity contribution in [3.05, 3.63) is 62.6 Å². The summed E-state index contributed by atoms with van der Waals surface area (Å²) in [4.78, 5) is 11.3. The first-order valence-electron chi connectivity index (χ1n) is 6.78. The molecule has 0 amide bonds. The average Bonchev–Trinajstić information content (AvgIpc) is 2.51. The van der Waals surface area contributed by atoms with Crippen LogP contribution in [0, 0.1) is 0 Å². The van der Waals surface area contributed by atoms with Gasteiger partial charge in [0.05, 0.1) is 10.0 Å². The first-order chi connectivity index (χ1) is 11.4. The van der Waals surface area contributed by atoms with Crippen LogP contribution in [0.1, 0.15) is 17.3 Å². The molecule has 24 heavy (non-hydrogen) atoms. The van der Waals surface area contributed by atoms with Gasteiger partial charge < -0.3 is 9.47 Å². The van der Waals surface area contributed by atoms with E-state index in [2.05, 4.69) is 0 Å². The number of halogens is 4. The van der Waals surface area contributed by atoms with E-state index in [9.17, 15) is 4.79 Å². The van der Waals surface area contributed by atoms with Crippen LogP contribution in [0.3, 0.4) is 0 Å². The van der Waals surface area contributed by atoms with Gasteiger partial charge in [0, 0.05) is 17.7 Å². The van der Waals surface area contributed by atoms with Crippen LogP contribution < -0.4 is 9.47 Å². The van der Waals surface area contributed by atoms with Crippen molar-refractivity contribution in [3.8, 4) is 17.2 Å². The molecule has 7 heteroatoms. The Morgan fingerprint density at radius 2 is 1.62 bits per heavy atom. The number of rotatable bonds is 6. The molecule has 0 heterocycles. The van der Waals surface area contributed by atoms with Gasteiger partial charge in [-0.1, -0.05) is 46.4 Å². The molecular weight excluding hydrogens is 394 g/mol. The Kier molecular flexibility index (Phi) is 6.81. The van der Waals surface area contributed by atoms with Gasteiger partial charge in [-0.25, -0.2) is 0 Å². The number of ketones is 1. The number of ether oxygens (including phenoxy) is 2. The van der Waals surface area contributed by atoms with Crippen LogP contribution in [0.4, 0.5) is 0 Å². The molecule has 0 aliphatic carbocycles. The normalized spacial score (nSPS) is 10.2. The van der Waals surface area contributed by atoms with Crippen LogP contribution in [0.5, 0.6) is 17.2 Å². The fourth-order valence-electron chi connectivity index (χ4n) is 1.79. The number of hydrogen-bond acceptors (Lipinski definition) is 3. The van der Waals surface area contributed by atoms with Crippen molar-refractivity contribution >= 4 is 52.2 Å². The second-order valence-electron chi connectivity index (χ2n) is 4.70. The standard InChI is InChI=1S/C17H12Cl4O3/c1-10(22)11-2-4-12(5-3-11)24-17-14(18)8-13(9-15(17)19)23-7-6-16(20)21/h2-6,8-9H,7H2,1H3. The molecule has 0 fully saturated rings. The summed E-state index contributed by atoms with van der Waals surface area (Å²) in [5, 5.41) is 0.572. The van der Waals surface area contributed by atoms with Crippen LogP contribution in [0.2, 0.25) is 10.0 Å². The van der Waals surface area contributed by atoms with Gasteiger partial charge in [-0.15, -0.1) is 0 Å². The van der Waals surface area contributed by atoms with E-state index in [-0.39, 0.29) is 26.9 Å². The van der Waals surface area contributed by atoms with Gasteiger partial charge in [-0.2, -0.15) is 0 Å². The average molecular weight is 406 g/mol. The van der Waals surface area contributed by atoms with Crippen molar-refractivity contribution in [2.75, 3.05) is 6.61 Å². The molecule has 0 bridgehead atoms. The Balaban J connectivity index is 2.15. The van der Waals surface area contributed by atoms with E-state index in [1.54, 1.807) is 36.4 Å². The second-order valence-corrected chi connectivity index (χ2v) is 6.53. The highest BCUT2D eigenvalue weighted by atomic mass is 35.5. The minimum Gasteiger partial charge on any atom is -0.489 e. The highest BCUT2D eigenvalue weighted by Gasteiger charge is 2.12. The lowest BCUT2D eigenvalue weighted by Gasteiger charge is -2.12. The van der Waals surface area contributed by atoms with Crippen molar-refractivity contribution in [2.45, 2.75) is 6.92 Å². The molecule has 126 valence electrons. The van der Waals surface area contributed by atoms with Gasteiger partial charge in [0.1, 0.15) is 22.6 Å². The Bertz CT molecular complexity index is 743. The SMILES string of the molecule is CC(=O)c1ccc(Oc2c(Cl)cc(OCC=C(Cl)Cl)cc2Cl)cc1. The van der Waals surface area contributed by atoms with Crippen molar-refractivity contribution < 1.29 is 14.3 Å². The summed E-state index contributed by atoms with van der Waals surface area (Å²) in [6, 6.07) is 9.81. The molecule has 2 aromatic carbocycles. The van der Waals surface area contributed by atoms with E-state index in [4.69, 9.17) is 55.9 Å². The van der Waals surface area contributed by atoms with Gasteiger partial charge in [-0.3, -0.25) is 4.79 Å². The molecule has 0 saturated heterocycles. The zero-order valence-corrected chi connectivity index (χ0v) is 15.5. The molecule has 2 aromatic rings. The molecule has 0 spiro atoms. The highest BCUT2D eigenvalue weighted by molar-refractivity contribution is 6.55. The number of benzene rings is 2. The molecule has 0 aliphatic heterocycles. The lowest BCUT2D eigenvalue weighted by atomic mass is 10.1. The lowest BCUT2D eigenvalue weighted by Crippen LogP contribution is -1.95. The van der Waals surface area contributed by atoms with Gasteiger partial charge in [-0.05, 0) is 37.3 Å². The lowest BCUT2D eigenvalue weighted by molar-refractivity contribution is 0.101. The largest absolute Gasteiger partial charge is 0.489 e. The predicted molar refractivity (Wildman–Crippen MR) is 98.3 cm³/mol. The van der Waals surface area contributed by atoms with Crippen molar-refractivity contribution in [1.82, 2.24) is 0 Å². The monoisotopic (exact) mass is 404 g/mol. The number of Topliss-reactive ketones (excluding diaryl/α,β-unsaturated/α-hetero) is 1. The van der Waals surface area contributed by atoms with Gasteiger partial charge in [0.25, 0.3) is 0 Å². The smallest absolute Gasteiger partial charge is 0.164 e. The van der Waals surface area contributed by atoms with Gasteiger partial charge in [0.15, 0.2) is 11.5 Å². The molecule has 0 saturated carbocycles. The summed E-state index contributed by atoms with van der Waals surface area (Å²) >= 11 is 23.4. The topological polar surface area (TPSA) is 35.5 Å². The summed E-state index contributed by atoms with van der Waals surface area (Å²) in [6.07, 6.45) is 1.49. The fourth-order valence-corrected chi connectivity index (χ4v) is 2.46. The van der Waals surface area contributed by atoms with E-state index in [1.807, 2.05) is 0 Å². The maximum absolute atomic E-state index is 11.3. The first kappa shape index (κ1) is 18.9. The molecule has 3 nitrogen and oxygen atoms in total. The third-order valence-electron chi connectivity index (χ3n) is 2.94. The third kappa shape index (κ3) is 5.32. The second kappa shape index (κ2) is 8.63. The molecule has 2 rings (SSSR count). The summed E-state index contributed by atoms with van der Waals surface area (Å²) in [7, 11) is 0. The Hall–Kier alpha value is -1.39. The van der Waals surface area contributed by atoms with Crippen LogP contribution in [0.25, 0.3) is 0 Å². The van der Waals surface area contributed by atoms with Gasteiger partial charge >= 0.3 is 0 Å². The predicted octanol–water partition coefficient (Wildman–Crippen LogP) is 6.69. The van der Waals surface area contributed by atoms with Gasteiger partial charge in [0.2, 0.25) is 0 Å². The van der Waals surface area contributed by atoms with E-state index in [0.29, 0.717) is 22.8 Å². The summed E-state index contributed by atoms with van der Waals surface area (Å²) in [5.74, 6) is 1.24.